The predicted octanol–water partition coefficient (Wildman–Crippen LogP) is 2.35. The van der Waals surface area contributed by atoms with Crippen LogP contribution < -0.4 is 0 Å². The zero-order valence-corrected chi connectivity index (χ0v) is 8.64. The standard InChI is InChI=1S/C11H10O2S/c1-14-9-4-2-8(3-5-9)10-6-7-13-11(10)12/h2-6H,7H2,1H3. The lowest BCUT2D eigenvalue weighted by Crippen LogP contribution is -1.98. The maximum Gasteiger partial charge on any atom is 0.338 e. The zero-order chi connectivity index (χ0) is 9.97. The van der Waals surface area contributed by atoms with Gasteiger partial charge in [-0.05, 0) is 30.0 Å². The summed E-state index contributed by atoms with van der Waals surface area (Å²) in [7, 11) is 0. The fraction of sp³-hybridized carbons (Fsp3) is 0.182. The van der Waals surface area contributed by atoms with Gasteiger partial charge in [-0.15, -0.1) is 11.8 Å². The molecule has 3 heteroatoms. The molecule has 0 aromatic heterocycles. The number of cyclic esters (lactones) is 1. The maximum absolute atomic E-state index is 11.2. The van der Waals surface area contributed by atoms with E-state index < -0.39 is 0 Å². The molecule has 1 heterocycles. The van der Waals surface area contributed by atoms with Gasteiger partial charge >= 0.3 is 5.97 Å². The first kappa shape index (κ1) is 9.34. The molecule has 2 nitrogen and oxygen atoms in total. The third-order valence-corrected chi connectivity index (χ3v) is 2.87. The number of hydrogen-bond donors (Lipinski definition) is 0. The third-order valence-electron chi connectivity index (χ3n) is 2.12. The third kappa shape index (κ3) is 1.68. The second kappa shape index (κ2) is 3.88. The highest BCUT2D eigenvalue weighted by molar-refractivity contribution is 7.98. The number of esters is 1. The summed E-state index contributed by atoms with van der Waals surface area (Å²) in [5.74, 6) is -0.220. The molecule has 1 aliphatic rings. The molecule has 1 aliphatic heterocycles. The lowest BCUT2D eigenvalue weighted by atomic mass is 10.1. The zero-order valence-electron chi connectivity index (χ0n) is 7.82. The molecule has 0 unspecified atom stereocenters. The van der Waals surface area contributed by atoms with E-state index in [-0.39, 0.29) is 5.97 Å². The van der Waals surface area contributed by atoms with Crippen molar-refractivity contribution in [1.29, 1.82) is 0 Å². The summed E-state index contributed by atoms with van der Waals surface area (Å²) in [4.78, 5) is 12.4. The number of carbonyl (C=O) groups excluding carboxylic acids is 1. The van der Waals surface area contributed by atoms with Crippen molar-refractivity contribution in [3.05, 3.63) is 35.9 Å². The van der Waals surface area contributed by atoms with Gasteiger partial charge in [0, 0.05) is 4.90 Å². The van der Waals surface area contributed by atoms with Gasteiger partial charge in [-0.3, -0.25) is 0 Å². The molecule has 0 atom stereocenters. The van der Waals surface area contributed by atoms with Gasteiger partial charge in [0.05, 0.1) is 5.57 Å². The van der Waals surface area contributed by atoms with E-state index in [0.717, 1.165) is 5.56 Å². The van der Waals surface area contributed by atoms with Crippen LogP contribution in [0.2, 0.25) is 0 Å². The van der Waals surface area contributed by atoms with Gasteiger partial charge in [0.1, 0.15) is 6.61 Å². The molecular formula is C11H10O2S. The number of hydrogen-bond acceptors (Lipinski definition) is 3. The first-order valence-electron chi connectivity index (χ1n) is 4.33. The van der Waals surface area contributed by atoms with Crippen molar-refractivity contribution in [2.45, 2.75) is 4.90 Å². The van der Waals surface area contributed by atoms with Gasteiger partial charge < -0.3 is 4.74 Å². The van der Waals surface area contributed by atoms with Crippen molar-refractivity contribution in [3.8, 4) is 0 Å². The van der Waals surface area contributed by atoms with Gasteiger partial charge in [0.2, 0.25) is 0 Å². The van der Waals surface area contributed by atoms with Crippen LogP contribution in [0.5, 0.6) is 0 Å². The van der Waals surface area contributed by atoms with Gasteiger partial charge in [-0.25, -0.2) is 4.79 Å². The van der Waals surface area contributed by atoms with Crippen LogP contribution in [0.1, 0.15) is 5.56 Å². The van der Waals surface area contributed by atoms with E-state index in [9.17, 15) is 4.79 Å². The smallest absolute Gasteiger partial charge is 0.338 e. The number of benzene rings is 1. The van der Waals surface area contributed by atoms with Crippen molar-refractivity contribution in [2.75, 3.05) is 12.9 Å². The Hall–Kier alpha value is -1.22. The Labute approximate surface area is 87.0 Å². The number of thioether (sulfide) groups is 1. The van der Waals surface area contributed by atoms with Crippen LogP contribution in [-0.4, -0.2) is 18.8 Å². The molecular weight excluding hydrogens is 196 g/mol. The van der Waals surface area contributed by atoms with E-state index in [0.29, 0.717) is 12.2 Å². The minimum Gasteiger partial charge on any atom is -0.458 e. The van der Waals surface area contributed by atoms with Crippen molar-refractivity contribution >= 4 is 23.3 Å². The van der Waals surface area contributed by atoms with Crippen molar-refractivity contribution < 1.29 is 9.53 Å². The Morgan fingerprint density at radius 1 is 1.29 bits per heavy atom. The van der Waals surface area contributed by atoms with Crippen LogP contribution in [0.3, 0.4) is 0 Å². The summed E-state index contributed by atoms with van der Waals surface area (Å²) in [6.45, 7) is 0.401. The quantitative estimate of drug-likeness (QED) is 0.549. The molecule has 0 bridgehead atoms. The van der Waals surface area contributed by atoms with Gasteiger partial charge in [0.25, 0.3) is 0 Å². The molecule has 0 N–H and O–H groups in total. The van der Waals surface area contributed by atoms with Gasteiger partial charge in [-0.2, -0.15) is 0 Å². The summed E-state index contributed by atoms with van der Waals surface area (Å²) in [5.41, 5.74) is 1.61. The molecule has 72 valence electrons. The Balaban J connectivity index is 2.29. The molecule has 1 aromatic rings. The first-order chi connectivity index (χ1) is 6.81. The summed E-state index contributed by atoms with van der Waals surface area (Å²) >= 11 is 1.69. The van der Waals surface area contributed by atoms with Crippen LogP contribution in [0.25, 0.3) is 5.57 Å². The van der Waals surface area contributed by atoms with Crippen molar-refractivity contribution in [3.63, 3.8) is 0 Å². The molecule has 0 saturated carbocycles. The van der Waals surface area contributed by atoms with Gasteiger partial charge in [-0.1, -0.05) is 12.1 Å². The van der Waals surface area contributed by atoms with E-state index in [1.54, 1.807) is 11.8 Å². The van der Waals surface area contributed by atoms with Gasteiger partial charge in [0.15, 0.2) is 0 Å². The van der Waals surface area contributed by atoms with E-state index in [1.165, 1.54) is 4.90 Å². The van der Waals surface area contributed by atoms with E-state index in [4.69, 9.17) is 4.74 Å². The lowest BCUT2D eigenvalue weighted by Gasteiger charge is -2.01. The average Bonchev–Trinajstić information content (AvgIpc) is 2.65. The molecule has 0 saturated heterocycles. The second-order valence-electron chi connectivity index (χ2n) is 2.94. The summed E-state index contributed by atoms with van der Waals surface area (Å²) in [6.07, 6.45) is 3.84. The fourth-order valence-electron chi connectivity index (χ4n) is 1.37. The second-order valence-corrected chi connectivity index (χ2v) is 3.82. The van der Waals surface area contributed by atoms with Crippen molar-refractivity contribution in [2.24, 2.45) is 0 Å². The highest BCUT2D eigenvalue weighted by atomic mass is 32.2. The molecule has 14 heavy (non-hydrogen) atoms. The number of ether oxygens (including phenoxy) is 1. The Kier molecular flexibility index (Phi) is 2.59. The minimum atomic E-state index is -0.220. The Morgan fingerprint density at radius 2 is 2.00 bits per heavy atom. The fourth-order valence-corrected chi connectivity index (χ4v) is 1.78. The van der Waals surface area contributed by atoms with Crippen LogP contribution in [0.15, 0.2) is 35.2 Å². The van der Waals surface area contributed by atoms with Crippen LogP contribution in [-0.2, 0) is 9.53 Å². The molecule has 2 rings (SSSR count). The number of carbonyl (C=O) groups is 1. The normalized spacial score (nSPS) is 15.2. The van der Waals surface area contributed by atoms with Crippen LogP contribution >= 0.6 is 11.8 Å². The summed E-state index contributed by atoms with van der Waals surface area (Å²) in [6, 6.07) is 7.91. The first-order valence-corrected chi connectivity index (χ1v) is 5.55. The molecule has 1 aromatic carbocycles. The lowest BCUT2D eigenvalue weighted by molar-refractivity contribution is -0.133. The highest BCUT2D eigenvalue weighted by Gasteiger charge is 2.17. The van der Waals surface area contributed by atoms with Crippen molar-refractivity contribution in [1.82, 2.24) is 0 Å². The Bertz CT molecular complexity index is 379. The maximum atomic E-state index is 11.2. The average molecular weight is 206 g/mol. The van der Waals surface area contributed by atoms with E-state index in [1.807, 2.05) is 36.6 Å². The van der Waals surface area contributed by atoms with E-state index >= 15 is 0 Å². The topological polar surface area (TPSA) is 26.3 Å². The predicted molar refractivity (Wildman–Crippen MR) is 57.2 cm³/mol. The molecule has 0 fully saturated rings. The van der Waals surface area contributed by atoms with Crippen LogP contribution in [0, 0.1) is 0 Å². The largest absolute Gasteiger partial charge is 0.458 e. The summed E-state index contributed by atoms with van der Waals surface area (Å²) in [5, 5.41) is 0. The Morgan fingerprint density at radius 3 is 2.50 bits per heavy atom. The molecule has 0 radical (unpaired) electrons. The number of rotatable bonds is 2. The monoisotopic (exact) mass is 206 g/mol. The summed E-state index contributed by atoms with van der Waals surface area (Å²) < 4.78 is 4.84. The SMILES string of the molecule is CSc1ccc(C2=CCOC2=O)cc1. The molecule has 0 aliphatic carbocycles. The molecule has 0 spiro atoms. The highest BCUT2D eigenvalue weighted by Crippen LogP contribution is 2.23. The minimum absolute atomic E-state index is 0.220. The van der Waals surface area contributed by atoms with E-state index in [2.05, 4.69) is 0 Å². The van der Waals surface area contributed by atoms with Crippen LogP contribution in [0.4, 0.5) is 0 Å². The molecule has 0 amide bonds.